The summed E-state index contributed by atoms with van der Waals surface area (Å²) in [4.78, 5) is 12.4. The van der Waals surface area contributed by atoms with Crippen molar-refractivity contribution in [3.63, 3.8) is 0 Å². The molecule has 2 amide bonds. The number of benzene rings is 1. The van der Waals surface area contributed by atoms with E-state index >= 15 is 0 Å². The Morgan fingerprint density at radius 1 is 1.27 bits per heavy atom. The molecule has 0 radical (unpaired) electrons. The summed E-state index contributed by atoms with van der Waals surface area (Å²) >= 11 is 0. The second kappa shape index (κ2) is 9.23. The van der Waals surface area contributed by atoms with E-state index in [0.717, 1.165) is 43.3 Å². The number of nitrogens with one attached hydrogen (secondary N) is 3. The third kappa shape index (κ3) is 6.49. The van der Waals surface area contributed by atoms with E-state index in [4.69, 9.17) is 4.74 Å². The molecule has 1 aromatic carbocycles. The maximum Gasteiger partial charge on any atom is 0.315 e. The van der Waals surface area contributed by atoms with E-state index < -0.39 is 10.0 Å². The van der Waals surface area contributed by atoms with E-state index in [1.54, 1.807) is 0 Å². The molecule has 2 rings (SSSR count). The van der Waals surface area contributed by atoms with Crippen molar-refractivity contribution in [2.45, 2.75) is 57.7 Å². The van der Waals surface area contributed by atoms with Crippen LogP contribution in [0.2, 0.25) is 0 Å². The number of carbonyl (C=O) groups excluding carboxylic acids is 1. The highest BCUT2D eigenvalue weighted by Crippen LogP contribution is 2.21. The lowest BCUT2D eigenvalue weighted by molar-refractivity contribution is 0.224. The Hall–Kier alpha value is -1.80. The van der Waals surface area contributed by atoms with Crippen LogP contribution in [0.4, 0.5) is 4.79 Å². The molecule has 1 fully saturated rings. The van der Waals surface area contributed by atoms with Crippen molar-refractivity contribution in [2.24, 2.45) is 0 Å². The Morgan fingerprint density at radius 3 is 2.62 bits per heavy atom. The monoisotopic (exact) mass is 383 g/mol. The van der Waals surface area contributed by atoms with Gasteiger partial charge in [-0.25, -0.2) is 17.9 Å². The lowest BCUT2D eigenvalue weighted by Gasteiger charge is -2.32. The predicted octanol–water partition coefficient (Wildman–Crippen LogP) is 2.31. The topological polar surface area (TPSA) is 96.5 Å². The van der Waals surface area contributed by atoms with E-state index in [0.29, 0.717) is 6.61 Å². The summed E-state index contributed by atoms with van der Waals surface area (Å²) in [6, 6.07) is 6.64. The molecule has 1 aromatic rings. The van der Waals surface area contributed by atoms with Crippen LogP contribution in [0.3, 0.4) is 0 Å². The predicted molar refractivity (Wildman–Crippen MR) is 102 cm³/mol. The highest BCUT2D eigenvalue weighted by atomic mass is 32.2. The van der Waals surface area contributed by atoms with Crippen molar-refractivity contribution in [2.75, 3.05) is 12.9 Å². The van der Waals surface area contributed by atoms with Crippen molar-refractivity contribution in [3.05, 3.63) is 29.8 Å². The zero-order chi connectivity index (χ0) is 19.2. The van der Waals surface area contributed by atoms with Gasteiger partial charge in [-0.15, -0.1) is 0 Å². The Kier molecular flexibility index (Phi) is 7.28. The van der Waals surface area contributed by atoms with Gasteiger partial charge in [0.25, 0.3) is 0 Å². The molecule has 3 N–H and O–H groups in total. The Bertz CT molecular complexity index is 708. The highest BCUT2D eigenvalue weighted by Gasteiger charge is 2.28. The van der Waals surface area contributed by atoms with Crippen LogP contribution in [0.25, 0.3) is 0 Å². The number of sulfonamides is 1. The molecule has 26 heavy (non-hydrogen) atoms. The third-order valence-corrected chi connectivity index (χ3v) is 5.20. The fourth-order valence-corrected chi connectivity index (χ4v) is 4.08. The van der Waals surface area contributed by atoms with Gasteiger partial charge in [0.2, 0.25) is 10.0 Å². The first-order chi connectivity index (χ1) is 12.3. The first-order valence-corrected chi connectivity index (χ1v) is 10.9. The number of hydrogen-bond donors (Lipinski definition) is 3. The van der Waals surface area contributed by atoms with Gasteiger partial charge in [0.05, 0.1) is 18.9 Å². The van der Waals surface area contributed by atoms with Crippen molar-refractivity contribution in [3.8, 4) is 5.75 Å². The maximum absolute atomic E-state index is 12.4. The molecule has 146 valence electrons. The molecular weight excluding hydrogens is 354 g/mol. The zero-order valence-corrected chi connectivity index (χ0v) is 16.4. The van der Waals surface area contributed by atoms with E-state index in [1.165, 1.54) is 0 Å². The number of ether oxygens (including phenoxy) is 1. The summed E-state index contributed by atoms with van der Waals surface area (Å²) in [6.45, 7) is 4.41. The molecule has 1 saturated carbocycles. The maximum atomic E-state index is 12.4. The number of hydrogen-bond acceptors (Lipinski definition) is 4. The Balaban J connectivity index is 1.94. The molecule has 8 heteroatoms. The van der Waals surface area contributed by atoms with Crippen molar-refractivity contribution >= 4 is 16.1 Å². The van der Waals surface area contributed by atoms with Crippen molar-refractivity contribution in [1.82, 2.24) is 15.4 Å². The van der Waals surface area contributed by atoms with Crippen LogP contribution in [-0.2, 0) is 10.0 Å². The minimum Gasteiger partial charge on any atom is -0.494 e. The molecule has 0 aromatic heterocycles. The van der Waals surface area contributed by atoms with Gasteiger partial charge in [-0.2, -0.15) is 0 Å². The minimum absolute atomic E-state index is 0.194. The first-order valence-electron chi connectivity index (χ1n) is 9.05. The summed E-state index contributed by atoms with van der Waals surface area (Å²) in [5, 5.41) is 5.84. The zero-order valence-electron chi connectivity index (χ0n) is 15.6. The average molecular weight is 384 g/mol. The fraction of sp³-hybridized carbons (Fsp3) is 0.611. The van der Waals surface area contributed by atoms with Crippen LogP contribution in [0.15, 0.2) is 24.3 Å². The summed E-state index contributed by atoms with van der Waals surface area (Å²) in [6.07, 6.45) is 4.55. The molecule has 0 bridgehead atoms. The van der Waals surface area contributed by atoms with Gasteiger partial charge in [0.15, 0.2) is 0 Å². The van der Waals surface area contributed by atoms with Crippen LogP contribution in [0, 0.1) is 0 Å². The molecular formula is C18H29N3O4S. The van der Waals surface area contributed by atoms with Gasteiger partial charge in [0.1, 0.15) is 5.75 Å². The number of carbonyl (C=O) groups is 1. The smallest absolute Gasteiger partial charge is 0.315 e. The third-order valence-electron chi connectivity index (χ3n) is 4.46. The fourth-order valence-electron chi connectivity index (χ4n) is 3.25. The number of urea groups is 1. The van der Waals surface area contributed by atoms with Gasteiger partial charge in [-0.05, 0) is 44.4 Å². The van der Waals surface area contributed by atoms with Gasteiger partial charge in [-0.3, -0.25) is 0 Å². The second-order valence-corrected chi connectivity index (χ2v) is 8.51. The molecule has 0 heterocycles. The lowest BCUT2D eigenvalue weighted by Crippen LogP contribution is -2.55. The highest BCUT2D eigenvalue weighted by molar-refractivity contribution is 7.88. The molecule has 0 spiro atoms. The van der Waals surface area contributed by atoms with E-state index in [-0.39, 0.29) is 24.2 Å². The van der Waals surface area contributed by atoms with Crippen LogP contribution in [0.1, 0.15) is 51.1 Å². The van der Waals surface area contributed by atoms with Crippen LogP contribution in [-0.4, -0.2) is 39.4 Å². The van der Waals surface area contributed by atoms with Crippen LogP contribution < -0.4 is 20.1 Å². The second-order valence-electron chi connectivity index (χ2n) is 6.73. The van der Waals surface area contributed by atoms with Crippen molar-refractivity contribution in [1.29, 1.82) is 0 Å². The Morgan fingerprint density at radius 2 is 1.96 bits per heavy atom. The molecule has 7 nitrogen and oxygen atoms in total. The van der Waals surface area contributed by atoms with Gasteiger partial charge in [0, 0.05) is 12.1 Å². The summed E-state index contributed by atoms with van der Waals surface area (Å²) in [7, 11) is -3.30. The standard InChI is InChI=1S/C18H29N3O4S/c1-4-25-15-9-7-8-14(12-15)13(2)19-18(22)20-16-10-5-6-11-17(16)21-26(3,23)24/h7-9,12-13,16-17,21H,4-6,10-11H2,1-3H3,(H2,19,20,22)/t13-,16+,17-/m0/s1. The van der Waals surface area contributed by atoms with Gasteiger partial charge >= 0.3 is 6.03 Å². The molecule has 3 atom stereocenters. The summed E-state index contributed by atoms with van der Waals surface area (Å²) in [5.41, 5.74) is 0.945. The molecule has 0 aliphatic heterocycles. The number of rotatable bonds is 7. The molecule has 0 saturated heterocycles. The number of amides is 2. The quantitative estimate of drug-likeness (QED) is 0.673. The first kappa shape index (κ1) is 20.5. The molecule has 1 aliphatic rings. The van der Waals surface area contributed by atoms with E-state index in [1.807, 2.05) is 38.1 Å². The van der Waals surface area contributed by atoms with Crippen LogP contribution in [0.5, 0.6) is 5.75 Å². The average Bonchev–Trinajstić information content (AvgIpc) is 2.56. The van der Waals surface area contributed by atoms with Gasteiger partial charge in [-0.1, -0.05) is 25.0 Å². The largest absolute Gasteiger partial charge is 0.494 e. The van der Waals surface area contributed by atoms with E-state index in [2.05, 4.69) is 15.4 Å². The van der Waals surface area contributed by atoms with Gasteiger partial charge < -0.3 is 15.4 Å². The SMILES string of the molecule is CCOc1cccc([C@H](C)NC(=O)N[C@@H]2CCCC[C@@H]2NS(C)(=O)=O)c1. The Labute approximate surface area is 155 Å². The molecule has 1 aliphatic carbocycles. The normalized spacial score (nSPS) is 21.7. The lowest BCUT2D eigenvalue weighted by atomic mass is 9.91. The summed E-state index contributed by atoms with van der Waals surface area (Å²) in [5.74, 6) is 0.767. The molecule has 0 unspecified atom stereocenters. The van der Waals surface area contributed by atoms with E-state index in [9.17, 15) is 13.2 Å². The van der Waals surface area contributed by atoms with Crippen LogP contribution >= 0.6 is 0 Å². The summed E-state index contributed by atoms with van der Waals surface area (Å²) < 4.78 is 31.2. The minimum atomic E-state index is -3.30. The van der Waals surface area contributed by atoms with Crippen molar-refractivity contribution < 1.29 is 17.9 Å².